The zero-order valence-electron chi connectivity index (χ0n) is 21.8. The molecule has 2 heterocycles. The SMILES string of the molecule is CC(C)(C)OC(=O)N1CCC(c2ccc3ncnc(Nc4cc(C#C[Si](C)(C)C)ccc4F)c3c2)C1. The molecule has 0 bridgehead atoms. The first kappa shape index (κ1) is 25.6. The third-order valence-corrected chi connectivity index (χ3v) is 6.65. The number of halogens is 1. The smallest absolute Gasteiger partial charge is 0.410 e. The van der Waals surface area contributed by atoms with Crippen LogP contribution < -0.4 is 5.32 Å². The number of rotatable bonds is 3. The van der Waals surface area contributed by atoms with Crippen LogP contribution in [0.5, 0.6) is 0 Å². The van der Waals surface area contributed by atoms with Crippen molar-refractivity contribution in [3.8, 4) is 11.5 Å². The van der Waals surface area contributed by atoms with Crippen LogP contribution in [0.25, 0.3) is 10.9 Å². The summed E-state index contributed by atoms with van der Waals surface area (Å²) in [6.07, 6.45) is 2.02. The van der Waals surface area contributed by atoms with Crippen molar-refractivity contribution in [3.05, 3.63) is 59.7 Å². The molecule has 4 rings (SSSR count). The normalized spacial score (nSPS) is 16.0. The standard InChI is InChI=1S/C28H33FN4O2Si/c1-28(2,3)35-27(34)33-13-11-21(17-33)20-8-10-24-22(16-20)26(31-18-30-24)32-25-15-19(7-9-23(25)29)12-14-36(4,5)6/h7-10,15-16,18,21H,11,13,17H2,1-6H3,(H,30,31,32). The zero-order valence-corrected chi connectivity index (χ0v) is 22.8. The summed E-state index contributed by atoms with van der Waals surface area (Å²) in [7, 11) is -1.55. The van der Waals surface area contributed by atoms with E-state index in [4.69, 9.17) is 4.74 Å². The molecule has 0 radical (unpaired) electrons. The minimum atomic E-state index is -1.55. The highest BCUT2D eigenvalue weighted by Crippen LogP contribution is 2.32. The number of carbonyl (C=O) groups excluding carboxylic acids is 1. The average molecular weight is 505 g/mol. The van der Waals surface area contributed by atoms with Crippen LogP contribution in [0.15, 0.2) is 42.7 Å². The van der Waals surface area contributed by atoms with Crippen molar-refractivity contribution in [2.45, 2.75) is 58.4 Å². The number of hydrogen-bond acceptors (Lipinski definition) is 5. The van der Waals surface area contributed by atoms with E-state index in [0.29, 0.717) is 24.6 Å². The minimum absolute atomic E-state index is 0.173. The predicted molar refractivity (Wildman–Crippen MR) is 145 cm³/mol. The summed E-state index contributed by atoms with van der Waals surface area (Å²) in [5.41, 5.74) is 5.71. The Morgan fingerprint density at radius 2 is 1.94 bits per heavy atom. The van der Waals surface area contributed by atoms with Gasteiger partial charge in [-0.05, 0) is 63.1 Å². The van der Waals surface area contributed by atoms with Gasteiger partial charge in [-0.2, -0.15) is 0 Å². The highest BCUT2D eigenvalue weighted by molar-refractivity contribution is 6.83. The lowest BCUT2D eigenvalue weighted by Gasteiger charge is -2.24. The molecule has 6 nitrogen and oxygen atoms in total. The molecule has 1 unspecified atom stereocenters. The summed E-state index contributed by atoms with van der Waals surface area (Å²) >= 11 is 0. The third kappa shape index (κ3) is 6.41. The Kier molecular flexibility index (Phi) is 7.05. The zero-order chi connectivity index (χ0) is 26.1. The van der Waals surface area contributed by atoms with Crippen molar-refractivity contribution < 1.29 is 13.9 Å². The Bertz CT molecular complexity index is 1350. The molecule has 1 fully saturated rings. The summed E-state index contributed by atoms with van der Waals surface area (Å²) in [5.74, 6) is 3.50. The van der Waals surface area contributed by atoms with Gasteiger partial charge in [0.15, 0.2) is 0 Å². The Morgan fingerprint density at radius 3 is 2.67 bits per heavy atom. The summed E-state index contributed by atoms with van der Waals surface area (Å²) in [4.78, 5) is 23.0. The van der Waals surface area contributed by atoms with E-state index < -0.39 is 13.7 Å². The van der Waals surface area contributed by atoms with Crippen molar-refractivity contribution in [1.29, 1.82) is 0 Å². The van der Waals surface area contributed by atoms with Crippen LogP contribution in [0.3, 0.4) is 0 Å². The molecule has 8 heteroatoms. The molecule has 2 aromatic carbocycles. The number of hydrogen-bond donors (Lipinski definition) is 1. The van der Waals surface area contributed by atoms with E-state index in [1.54, 1.807) is 17.0 Å². The van der Waals surface area contributed by atoms with Gasteiger partial charge in [0.25, 0.3) is 0 Å². The van der Waals surface area contributed by atoms with E-state index >= 15 is 0 Å². The van der Waals surface area contributed by atoms with E-state index in [0.717, 1.165) is 28.5 Å². The third-order valence-electron chi connectivity index (χ3n) is 5.77. The van der Waals surface area contributed by atoms with Gasteiger partial charge < -0.3 is 15.0 Å². The number of benzene rings is 2. The van der Waals surface area contributed by atoms with Crippen molar-refractivity contribution in [2.75, 3.05) is 18.4 Å². The monoisotopic (exact) mass is 504 g/mol. The van der Waals surface area contributed by atoms with Crippen molar-refractivity contribution in [1.82, 2.24) is 14.9 Å². The van der Waals surface area contributed by atoms with Crippen LogP contribution in [0.1, 0.15) is 44.2 Å². The number of amides is 1. The molecule has 1 aliphatic heterocycles. The van der Waals surface area contributed by atoms with E-state index in [2.05, 4.69) is 46.4 Å². The van der Waals surface area contributed by atoms with Gasteiger partial charge >= 0.3 is 6.09 Å². The van der Waals surface area contributed by atoms with Crippen LogP contribution in [0, 0.1) is 17.3 Å². The number of aromatic nitrogens is 2. The van der Waals surface area contributed by atoms with Crippen LogP contribution in [0.4, 0.5) is 20.7 Å². The molecule has 188 valence electrons. The Labute approximate surface area is 213 Å². The fourth-order valence-electron chi connectivity index (χ4n) is 4.04. The van der Waals surface area contributed by atoms with Crippen LogP contribution in [0.2, 0.25) is 19.6 Å². The number of anilines is 2. The predicted octanol–water partition coefficient (Wildman–Crippen LogP) is 6.47. The molecule has 1 saturated heterocycles. The molecule has 1 N–H and O–H groups in total. The number of ether oxygens (including phenoxy) is 1. The first-order chi connectivity index (χ1) is 16.9. The highest BCUT2D eigenvalue weighted by atomic mass is 28.3. The molecule has 1 amide bonds. The first-order valence-corrected chi connectivity index (χ1v) is 15.7. The second-order valence-corrected chi connectivity index (χ2v) is 16.0. The fraction of sp³-hybridized carbons (Fsp3) is 0.393. The lowest BCUT2D eigenvalue weighted by atomic mass is 9.97. The lowest BCUT2D eigenvalue weighted by Crippen LogP contribution is -2.35. The number of nitrogens with zero attached hydrogens (tertiary/aromatic N) is 3. The second kappa shape index (κ2) is 9.90. The minimum Gasteiger partial charge on any atom is -0.444 e. The molecular formula is C28H33FN4O2Si. The maximum atomic E-state index is 14.7. The average Bonchev–Trinajstić information content (AvgIpc) is 3.28. The van der Waals surface area contributed by atoms with Crippen molar-refractivity contribution >= 4 is 36.6 Å². The Morgan fingerprint density at radius 1 is 1.17 bits per heavy atom. The van der Waals surface area contributed by atoms with Crippen molar-refractivity contribution in [2.24, 2.45) is 0 Å². The molecule has 0 spiro atoms. The first-order valence-electron chi connectivity index (χ1n) is 12.2. The van der Waals surface area contributed by atoms with Gasteiger partial charge in [0.2, 0.25) is 0 Å². The van der Waals surface area contributed by atoms with Gasteiger partial charge in [0.1, 0.15) is 31.6 Å². The van der Waals surface area contributed by atoms with E-state index in [9.17, 15) is 9.18 Å². The second-order valence-electron chi connectivity index (χ2n) is 11.2. The Balaban J connectivity index is 1.59. The number of carbonyl (C=O) groups is 1. The van der Waals surface area contributed by atoms with Gasteiger partial charge in [-0.15, -0.1) is 5.54 Å². The summed E-state index contributed by atoms with van der Waals surface area (Å²) in [6, 6.07) is 10.9. The number of likely N-dealkylation sites (tertiary alicyclic amines) is 1. The molecule has 3 aromatic rings. The molecule has 1 aromatic heterocycles. The molecule has 1 atom stereocenters. The van der Waals surface area contributed by atoms with Gasteiger partial charge in [0, 0.05) is 30.0 Å². The maximum absolute atomic E-state index is 14.7. The van der Waals surface area contributed by atoms with Gasteiger partial charge in [-0.1, -0.05) is 31.6 Å². The van der Waals surface area contributed by atoms with Crippen molar-refractivity contribution in [3.63, 3.8) is 0 Å². The molecule has 1 aliphatic rings. The quantitative estimate of drug-likeness (QED) is 0.327. The highest BCUT2D eigenvalue weighted by Gasteiger charge is 2.30. The molecule has 0 aliphatic carbocycles. The molecular weight excluding hydrogens is 471 g/mol. The van der Waals surface area contributed by atoms with Crippen LogP contribution in [-0.4, -0.2) is 47.7 Å². The van der Waals surface area contributed by atoms with E-state index in [1.165, 1.54) is 12.4 Å². The van der Waals surface area contributed by atoms with Crippen LogP contribution in [-0.2, 0) is 4.74 Å². The number of nitrogens with one attached hydrogen (secondary N) is 1. The van der Waals surface area contributed by atoms with Gasteiger partial charge in [-0.3, -0.25) is 0 Å². The lowest BCUT2D eigenvalue weighted by molar-refractivity contribution is 0.0292. The summed E-state index contributed by atoms with van der Waals surface area (Å²) in [5, 5.41) is 3.95. The summed E-state index contributed by atoms with van der Waals surface area (Å²) < 4.78 is 20.2. The maximum Gasteiger partial charge on any atom is 0.410 e. The fourth-order valence-corrected chi connectivity index (χ4v) is 4.56. The van der Waals surface area contributed by atoms with Crippen LogP contribution >= 0.6 is 0 Å². The van der Waals surface area contributed by atoms with Gasteiger partial charge in [0.05, 0.1) is 11.2 Å². The molecule has 0 saturated carbocycles. The summed E-state index contributed by atoms with van der Waals surface area (Å²) in [6.45, 7) is 13.3. The molecule has 36 heavy (non-hydrogen) atoms. The largest absolute Gasteiger partial charge is 0.444 e. The number of fused-ring (bicyclic) bond motifs is 1. The topological polar surface area (TPSA) is 67.3 Å². The van der Waals surface area contributed by atoms with E-state index in [-0.39, 0.29) is 17.8 Å². The van der Waals surface area contributed by atoms with Gasteiger partial charge in [-0.25, -0.2) is 19.2 Å². The Hall–Kier alpha value is -3.44. The van der Waals surface area contributed by atoms with E-state index in [1.807, 2.05) is 39.0 Å².